The van der Waals surface area contributed by atoms with Crippen molar-refractivity contribution in [3.8, 4) is 0 Å². The van der Waals surface area contributed by atoms with Crippen molar-refractivity contribution in [3.05, 3.63) is 11.6 Å². The van der Waals surface area contributed by atoms with E-state index < -0.39 is 18.3 Å². The Hall–Kier alpha value is -0.420. The van der Waals surface area contributed by atoms with Crippen LogP contribution in [0.25, 0.3) is 0 Å². The summed E-state index contributed by atoms with van der Waals surface area (Å²) in [7, 11) is 0. The van der Waals surface area contributed by atoms with Gasteiger partial charge in [0.05, 0.1) is 6.61 Å². The summed E-state index contributed by atoms with van der Waals surface area (Å²) in [4.78, 5) is 0. The minimum atomic E-state index is -1.18. The highest BCUT2D eigenvalue weighted by molar-refractivity contribution is 5.21. The lowest BCUT2D eigenvalue weighted by Crippen LogP contribution is -2.31. The van der Waals surface area contributed by atoms with Gasteiger partial charge in [-0.3, -0.25) is 0 Å². The van der Waals surface area contributed by atoms with Crippen molar-refractivity contribution >= 4 is 0 Å². The van der Waals surface area contributed by atoms with E-state index in [1.54, 1.807) is 0 Å². The average molecular weight is 146 g/mol. The van der Waals surface area contributed by atoms with Crippen LogP contribution in [-0.2, 0) is 0 Å². The van der Waals surface area contributed by atoms with Crippen molar-refractivity contribution in [2.75, 3.05) is 6.61 Å². The summed E-state index contributed by atoms with van der Waals surface area (Å²) in [6.07, 6.45) is -2.07. The Morgan fingerprint density at radius 3 is 2.10 bits per heavy atom. The van der Waals surface area contributed by atoms with Gasteiger partial charge in [0.1, 0.15) is 18.3 Å². The van der Waals surface area contributed by atoms with Gasteiger partial charge in [-0.2, -0.15) is 0 Å². The van der Waals surface area contributed by atoms with Gasteiger partial charge in [-0.25, -0.2) is 0 Å². The van der Waals surface area contributed by atoms with Gasteiger partial charge in [0, 0.05) is 0 Å². The highest BCUT2D eigenvalue weighted by atomic mass is 16.4. The van der Waals surface area contributed by atoms with E-state index in [2.05, 4.69) is 0 Å². The number of rotatable bonds is 1. The summed E-state index contributed by atoms with van der Waals surface area (Å²) >= 11 is 0. The third kappa shape index (κ3) is 1.06. The maximum atomic E-state index is 8.99. The molecule has 58 valence electrons. The molecule has 0 aromatic heterocycles. The highest BCUT2D eigenvalue weighted by Crippen LogP contribution is 2.18. The van der Waals surface area contributed by atoms with Crippen LogP contribution in [0.2, 0.25) is 0 Å². The molecule has 4 heteroatoms. The summed E-state index contributed by atoms with van der Waals surface area (Å²) in [5.74, 6) is 0. The number of aliphatic hydroxyl groups excluding tert-OH is 4. The van der Waals surface area contributed by atoms with Gasteiger partial charge in [0.2, 0.25) is 0 Å². The molecule has 0 radical (unpaired) electrons. The Kier molecular flexibility index (Phi) is 2.05. The highest BCUT2D eigenvalue weighted by Gasteiger charge is 2.32. The van der Waals surface area contributed by atoms with Crippen LogP contribution >= 0.6 is 0 Å². The molecule has 1 aliphatic carbocycles. The Bertz CT molecular complexity index is 154. The third-order valence-electron chi connectivity index (χ3n) is 1.62. The summed E-state index contributed by atoms with van der Waals surface area (Å²) in [5.41, 5.74) is 0.278. The maximum absolute atomic E-state index is 8.99. The summed E-state index contributed by atoms with van der Waals surface area (Å²) in [6, 6.07) is 0. The molecule has 0 aromatic carbocycles. The van der Waals surface area contributed by atoms with Crippen molar-refractivity contribution in [2.24, 2.45) is 0 Å². The Balaban J connectivity index is 2.68. The summed E-state index contributed by atoms with van der Waals surface area (Å²) in [5, 5.41) is 35.3. The second-order valence-corrected chi connectivity index (χ2v) is 2.33. The molecule has 3 atom stereocenters. The SMILES string of the molecule is OCC1=C[C@@H](O)[C@H](O)[C@@H]1O. The predicted molar refractivity (Wildman–Crippen MR) is 33.2 cm³/mol. The first-order chi connectivity index (χ1) is 4.66. The Morgan fingerprint density at radius 2 is 1.90 bits per heavy atom. The molecule has 0 heterocycles. The zero-order valence-corrected chi connectivity index (χ0v) is 5.31. The monoisotopic (exact) mass is 146 g/mol. The van der Waals surface area contributed by atoms with Crippen LogP contribution in [0.3, 0.4) is 0 Å². The van der Waals surface area contributed by atoms with E-state index in [1.807, 2.05) is 0 Å². The fraction of sp³-hybridized carbons (Fsp3) is 0.667. The minimum absolute atomic E-state index is 0.278. The van der Waals surface area contributed by atoms with Crippen molar-refractivity contribution < 1.29 is 20.4 Å². The first-order valence-corrected chi connectivity index (χ1v) is 3.02. The first kappa shape index (κ1) is 7.68. The van der Waals surface area contributed by atoms with Crippen LogP contribution in [0.1, 0.15) is 0 Å². The summed E-state index contributed by atoms with van der Waals surface area (Å²) in [6.45, 7) is -0.324. The lowest BCUT2D eigenvalue weighted by Gasteiger charge is -2.12. The number of aliphatic hydroxyl groups is 4. The average Bonchev–Trinajstić information content (AvgIpc) is 2.17. The molecular weight excluding hydrogens is 136 g/mol. The molecule has 1 aliphatic rings. The van der Waals surface area contributed by atoms with E-state index in [9.17, 15) is 0 Å². The van der Waals surface area contributed by atoms with E-state index in [1.165, 1.54) is 6.08 Å². The largest absolute Gasteiger partial charge is 0.392 e. The molecule has 0 saturated carbocycles. The molecule has 0 aliphatic heterocycles. The first-order valence-electron chi connectivity index (χ1n) is 3.02. The fourth-order valence-corrected chi connectivity index (χ4v) is 0.969. The van der Waals surface area contributed by atoms with Gasteiger partial charge < -0.3 is 20.4 Å². The lowest BCUT2D eigenvalue weighted by atomic mass is 10.1. The molecule has 0 saturated heterocycles. The molecule has 0 spiro atoms. The van der Waals surface area contributed by atoms with Crippen LogP contribution in [0.15, 0.2) is 11.6 Å². The molecule has 4 nitrogen and oxygen atoms in total. The van der Waals surface area contributed by atoms with Gasteiger partial charge in [-0.1, -0.05) is 0 Å². The van der Waals surface area contributed by atoms with E-state index in [-0.39, 0.29) is 12.2 Å². The second kappa shape index (κ2) is 2.67. The summed E-state index contributed by atoms with van der Waals surface area (Å²) < 4.78 is 0. The zero-order valence-electron chi connectivity index (χ0n) is 5.31. The Morgan fingerprint density at radius 1 is 1.30 bits per heavy atom. The topological polar surface area (TPSA) is 80.9 Å². The third-order valence-corrected chi connectivity index (χ3v) is 1.62. The molecular formula is C6H10O4. The van der Waals surface area contributed by atoms with E-state index in [0.717, 1.165) is 0 Å². The van der Waals surface area contributed by atoms with Crippen LogP contribution in [0.4, 0.5) is 0 Å². The maximum Gasteiger partial charge on any atom is 0.113 e. The van der Waals surface area contributed by atoms with Gasteiger partial charge in [0.25, 0.3) is 0 Å². The molecule has 10 heavy (non-hydrogen) atoms. The van der Waals surface area contributed by atoms with E-state index in [0.29, 0.717) is 0 Å². The van der Waals surface area contributed by atoms with Gasteiger partial charge in [-0.15, -0.1) is 0 Å². The number of hydrogen-bond donors (Lipinski definition) is 4. The molecule has 1 rings (SSSR count). The van der Waals surface area contributed by atoms with E-state index >= 15 is 0 Å². The fourth-order valence-electron chi connectivity index (χ4n) is 0.969. The van der Waals surface area contributed by atoms with Gasteiger partial charge in [0.15, 0.2) is 0 Å². The van der Waals surface area contributed by atoms with Gasteiger partial charge >= 0.3 is 0 Å². The van der Waals surface area contributed by atoms with Crippen LogP contribution in [0.5, 0.6) is 0 Å². The molecule has 0 fully saturated rings. The van der Waals surface area contributed by atoms with Crippen molar-refractivity contribution in [3.63, 3.8) is 0 Å². The van der Waals surface area contributed by atoms with Crippen molar-refractivity contribution in [1.82, 2.24) is 0 Å². The normalized spacial score (nSPS) is 40.0. The van der Waals surface area contributed by atoms with Crippen LogP contribution < -0.4 is 0 Å². The molecule has 0 bridgehead atoms. The van der Waals surface area contributed by atoms with Crippen molar-refractivity contribution in [1.29, 1.82) is 0 Å². The standard InChI is InChI=1S/C6H10O4/c7-2-3-1-4(8)6(10)5(3)9/h1,4-10H,2H2/t4-,5-,6+/m1/s1. The zero-order chi connectivity index (χ0) is 7.72. The predicted octanol–water partition coefficient (Wildman–Crippen LogP) is -2.00. The minimum Gasteiger partial charge on any atom is -0.392 e. The molecule has 0 aromatic rings. The Labute approximate surface area is 58.0 Å². The van der Waals surface area contributed by atoms with Crippen LogP contribution in [-0.4, -0.2) is 45.3 Å². The molecule has 0 amide bonds. The van der Waals surface area contributed by atoms with Crippen LogP contribution in [0, 0.1) is 0 Å². The van der Waals surface area contributed by atoms with Crippen molar-refractivity contribution in [2.45, 2.75) is 18.3 Å². The molecule has 4 N–H and O–H groups in total. The lowest BCUT2D eigenvalue weighted by molar-refractivity contribution is -0.0126. The van der Waals surface area contributed by atoms with E-state index in [4.69, 9.17) is 20.4 Å². The van der Waals surface area contributed by atoms with Gasteiger partial charge in [-0.05, 0) is 11.6 Å². The molecule has 0 unspecified atom stereocenters. The second-order valence-electron chi connectivity index (χ2n) is 2.33. The number of hydrogen-bond acceptors (Lipinski definition) is 4. The smallest absolute Gasteiger partial charge is 0.113 e. The quantitative estimate of drug-likeness (QED) is 0.323.